The maximum absolute atomic E-state index is 12.3. The third-order valence-corrected chi connectivity index (χ3v) is 5.20. The fourth-order valence-electron chi connectivity index (χ4n) is 2.33. The third-order valence-electron chi connectivity index (χ3n) is 3.43. The van der Waals surface area contributed by atoms with Crippen molar-refractivity contribution in [3.05, 3.63) is 60.2 Å². The molecule has 27 heavy (non-hydrogen) atoms. The smallest absolute Gasteiger partial charge is 0.248 e. The van der Waals surface area contributed by atoms with Crippen LogP contribution in [0.25, 0.3) is 6.08 Å². The van der Waals surface area contributed by atoms with Crippen LogP contribution >= 0.6 is 0 Å². The summed E-state index contributed by atoms with van der Waals surface area (Å²) in [6, 6.07) is 13.3. The first kappa shape index (κ1) is 20.7. The molecule has 1 amide bonds. The SMILES string of the molecule is COc1ccccc1/C=C/C(=O)Nc1ccc(S(=O)(=O)NC(C)(C)C)cc1. The molecule has 6 nitrogen and oxygen atoms in total. The lowest BCUT2D eigenvalue weighted by Crippen LogP contribution is -2.40. The van der Waals surface area contributed by atoms with E-state index in [1.165, 1.54) is 18.2 Å². The summed E-state index contributed by atoms with van der Waals surface area (Å²) >= 11 is 0. The number of amides is 1. The number of para-hydroxylation sites is 1. The number of methoxy groups -OCH3 is 1. The van der Waals surface area contributed by atoms with Gasteiger partial charge in [-0.2, -0.15) is 0 Å². The summed E-state index contributed by atoms with van der Waals surface area (Å²) in [5.74, 6) is 0.340. The Morgan fingerprint density at radius 2 is 1.67 bits per heavy atom. The van der Waals surface area contributed by atoms with Gasteiger partial charge in [-0.25, -0.2) is 13.1 Å². The molecular weight excluding hydrogens is 364 g/mol. The monoisotopic (exact) mass is 388 g/mol. The van der Waals surface area contributed by atoms with Gasteiger partial charge in [-0.05, 0) is 57.2 Å². The molecule has 0 saturated heterocycles. The minimum Gasteiger partial charge on any atom is -0.496 e. The van der Waals surface area contributed by atoms with E-state index in [9.17, 15) is 13.2 Å². The molecule has 2 aromatic carbocycles. The average Bonchev–Trinajstić information content (AvgIpc) is 2.58. The Morgan fingerprint density at radius 3 is 2.26 bits per heavy atom. The van der Waals surface area contributed by atoms with E-state index in [0.29, 0.717) is 11.4 Å². The van der Waals surface area contributed by atoms with Gasteiger partial charge < -0.3 is 10.1 Å². The second kappa shape index (κ2) is 8.37. The maximum Gasteiger partial charge on any atom is 0.248 e. The minimum atomic E-state index is -3.61. The number of anilines is 1. The number of carbonyl (C=O) groups is 1. The number of sulfonamides is 1. The van der Waals surface area contributed by atoms with Crippen molar-refractivity contribution in [1.82, 2.24) is 4.72 Å². The van der Waals surface area contributed by atoms with Crippen molar-refractivity contribution in [2.45, 2.75) is 31.2 Å². The Balaban J connectivity index is 2.06. The van der Waals surface area contributed by atoms with Gasteiger partial charge >= 0.3 is 0 Å². The molecule has 2 aromatic rings. The number of hydrogen-bond donors (Lipinski definition) is 2. The van der Waals surface area contributed by atoms with Gasteiger partial charge in [-0.15, -0.1) is 0 Å². The number of benzene rings is 2. The van der Waals surface area contributed by atoms with Crippen LogP contribution in [0.3, 0.4) is 0 Å². The van der Waals surface area contributed by atoms with Crippen molar-refractivity contribution < 1.29 is 17.9 Å². The lowest BCUT2D eigenvalue weighted by atomic mass is 10.1. The number of ether oxygens (including phenoxy) is 1. The van der Waals surface area contributed by atoms with E-state index in [4.69, 9.17) is 4.74 Å². The predicted octanol–water partition coefficient (Wildman–Crippen LogP) is 3.42. The molecule has 2 rings (SSSR count). The van der Waals surface area contributed by atoms with Crippen LogP contribution < -0.4 is 14.8 Å². The van der Waals surface area contributed by atoms with Crippen molar-refractivity contribution in [3.63, 3.8) is 0 Å². The summed E-state index contributed by atoms with van der Waals surface area (Å²) in [5.41, 5.74) is 0.707. The summed E-state index contributed by atoms with van der Waals surface area (Å²) in [7, 11) is -2.04. The number of carbonyl (C=O) groups excluding carboxylic acids is 1. The molecule has 0 bridgehead atoms. The Labute approximate surface area is 160 Å². The van der Waals surface area contributed by atoms with Gasteiger partial charge in [0.25, 0.3) is 0 Å². The molecule has 0 heterocycles. The van der Waals surface area contributed by atoms with Gasteiger partial charge in [-0.3, -0.25) is 4.79 Å². The fraction of sp³-hybridized carbons (Fsp3) is 0.250. The molecule has 0 fully saturated rings. The molecule has 0 aromatic heterocycles. The Morgan fingerprint density at radius 1 is 1.04 bits per heavy atom. The van der Waals surface area contributed by atoms with E-state index in [1.807, 2.05) is 24.3 Å². The van der Waals surface area contributed by atoms with E-state index in [2.05, 4.69) is 10.0 Å². The Bertz CT molecular complexity index is 927. The van der Waals surface area contributed by atoms with Gasteiger partial charge in [0.2, 0.25) is 15.9 Å². The second-order valence-corrected chi connectivity index (χ2v) is 8.63. The van der Waals surface area contributed by atoms with Crippen molar-refractivity contribution in [2.75, 3.05) is 12.4 Å². The zero-order valence-electron chi connectivity index (χ0n) is 15.8. The molecule has 0 radical (unpaired) electrons. The molecule has 0 atom stereocenters. The van der Waals surface area contributed by atoms with E-state index in [0.717, 1.165) is 5.56 Å². The van der Waals surface area contributed by atoms with Gasteiger partial charge in [0.1, 0.15) is 5.75 Å². The first-order valence-corrected chi connectivity index (χ1v) is 9.85. The van der Waals surface area contributed by atoms with Gasteiger partial charge in [0.15, 0.2) is 0 Å². The van der Waals surface area contributed by atoms with Crippen LogP contribution in [0.15, 0.2) is 59.5 Å². The standard InChI is InChI=1S/C20H24N2O4S/c1-20(2,3)22-27(24,25)17-12-10-16(11-13-17)21-19(23)14-9-15-7-5-6-8-18(15)26-4/h5-14,22H,1-4H3,(H,21,23)/b14-9+. The molecule has 144 valence electrons. The van der Waals surface area contributed by atoms with Gasteiger partial charge in [0.05, 0.1) is 12.0 Å². The fourth-order valence-corrected chi connectivity index (χ4v) is 3.75. The van der Waals surface area contributed by atoms with Crippen molar-refractivity contribution in [2.24, 2.45) is 0 Å². The molecule has 0 unspecified atom stereocenters. The minimum absolute atomic E-state index is 0.139. The normalized spacial score (nSPS) is 12.1. The van der Waals surface area contributed by atoms with Crippen LogP contribution in [0.4, 0.5) is 5.69 Å². The van der Waals surface area contributed by atoms with E-state index < -0.39 is 15.6 Å². The van der Waals surface area contributed by atoms with E-state index in [-0.39, 0.29) is 10.8 Å². The van der Waals surface area contributed by atoms with Crippen molar-refractivity contribution in [1.29, 1.82) is 0 Å². The summed E-state index contributed by atoms with van der Waals surface area (Å²) in [4.78, 5) is 12.2. The molecule has 7 heteroatoms. The second-order valence-electron chi connectivity index (χ2n) is 6.94. The van der Waals surface area contributed by atoms with Crippen LogP contribution in [-0.2, 0) is 14.8 Å². The zero-order valence-corrected chi connectivity index (χ0v) is 16.6. The Kier molecular flexibility index (Phi) is 6.41. The summed E-state index contributed by atoms with van der Waals surface area (Å²) in [6.07, 6.45) is 3.05. The molecule has 2 N–H and O–H groups in total. The quantitative estimate of drug-likeness (QED) is 0.743. The highest BCUT2D eigenvalue weighted by atomic mass is 32.2. The molecule has 0 aliphatic rings. The number of rotatable bonds is 6. The molecule has 0 aliphatic heterocycles. The molecule has 0 aliphatic carbocycles. The van der Waals surface area contributed by atoms with Crippen LogP contribution in [-0.4, -0.2) is 27.0 Å². The van der Waals surface area contributed by atoms with Crippen molar-refractivity contribution in [3.8, 4) is 5.75 Å². The maximum atomic E-state index is 12.3. The van der Waals surface area contributed by atoms with Crippen molar-refractivity contribution >= 4 is 27.7 Å². The summed E-state index contributed by atoms with van der Waals surface area (Å²) in [5, 5.41) is 2.69. The summed E-state index contributed by atoms with van der Waals surface area (Å²) < 4.78 is 32.4. The first-order chi connectivity index (χ1) is 12.6. The topological polar surface area (TPSA) is 84.5 Å². The van der Waals surface area contributed by atoms with Crippen LogP contribution in [0.2, 0.25) is 0 Å². The number of hydrogen-bond acceptors (Lipinski definition) is 4. The third kappa shape index (κ3) is 6.23. The lowest BCUT2D eigenvalue weighted by molar-refractivity contribution is -0.111. The highest BCUT2D eigenvalue weighted by molar-refractivity contribution is 7.89. The summed E-state index contributed by atoms with van der Waals surface area (Å²) in [6.45, 7) is 5.31. The largest absolute Gasteiger partial charge is 0.496 e. The van der Waals surface area contributed by atoms with Gasteiger partial charge in [0, 0.05) is 22.9 Å². The number of nitrogens with one attached hydrogen (secondary N) is 2. The average molecular weight is 388 g/mol. The zero-order chi connectivity index (χ0) is 20.1. The molecule has 0 spiro atoms. The van der Waals surface area contributed by atoms with Crippen LogP contribution in [0.5, 0.6) is 5.75 Å². The van der Waals surface area contributed by atoms with Crippen LogP contribution in [0.1, 0.15) is 26.3 Å². The van der Waals surface area contributed by atoms with Gasteiger partial charge in [-0.1, -0.05) is 18.2 Å². The first-order valence-electron chi connectivity index (χ1n) is 8.37. The van der Waals surface area contributed by atoms with Crippen LogP contribution in [0, 0.1) is 0 Å². The molecule has 0 saturated carbocycles. The predicted molar refractivity (Wildman–Crippen MR) is 107 cm³/mol. The Hall–Kier alpha value is -2.64. The lowest BCUT2D eigenvalue weighted by Gasteiger charge is -2.20. The van der Waals surface area contributed by atoms with E-state index >= 15 is 0 Å². The highest BCUT2D eigenvalue weighted by Crippen LogP contribution is 2.19. The highest BCUT2D eigenvalue weighted by Gasteiger charge is 2.21. The molecular formula is C20H24N2O4S. The van der Waals surface area contributed by atoms with E-state index in [1.54, 1.807) is 46.1 Å².